The molecule has 6 nitrogen and oxygen atoms in total. The maximum Gasteiger partial charge on any atom is 0.253 e. The highest BCUT2D eigenvalue weighted by atomic mass is 35.5. The van der Waals surface area contributed by atoms with Crippen LogP contribution in [0.2, 0.25) is 5.02 Å². The van der Waals surface area contributed by atoms with E-state index >= 15 is 0 Å². The van der Waals surface area contributed by atoms with Gasteiger partial charge in [0.2, 0.25) is 11.8 Å². The molecule has 2 fully saturated rings. The summed E-state index contributed by atoms with van der Waals surface area (Å²) in [7, 11) is 0. The Morgan fingerprint density at radius 1 is 1.32 bits per heavy atom. The van der Waals surface area contributed by atoms with Crippen molar-refractivity contribution in [1.29, 1.82) is 0 Å². The minimum absolute atomic E-state index is 0.0746. The van der Waals surface area contributed by atoms with Crippen molar-refractivity contribution in [3.05, 3.63) is 70.1 Å². The van der Waals surface area contributed by atoms with Crippen molar-refractivity contribution in [2.75, 3.05) is 6.54 Å². The molecule has 1 aliphatic carbocycles. The van der Waals surface area contributed by atoms with E-state index in [2.05, 4.69) is 6.58 Å². The SMILES string of the molecule is C=C(/C(F)=C\C(Cl)=C/C)N1CC(=O)N(Cc2ccc(Cl)cc2)C2(CC(C(N)=O)C2)C1=O. The van der Waals surface area contributed by atoms with E-state index in [1.54, 1.807) is 31.2 Å². The van der Waals surface area contributed by atoms with Gasteiger partial charge in [0, 0.05) is 22.5 Å². The number of allylic oxidation sites excluding steroid dienone is 4. The Balaban J connectivity index is 1.93. The number of carbonyl (C=O) groups is 3. The lowest BCUT2D eigenvalue weighted by atomic mass is 9.64. The molecule has 1 saturated carbocycles. The number of hydrogen-bond donors (Lipinski definition) is 1. The molecule has 0 aromatic heterocycles. The lowest BCUT2D eigenvalue weighted by molar-refractivity contribution is -0.176. The molecule has 0 radical (unpaired) electrons. The van der Waals surface area contributed by atoms with Crippen molar-refractivity contribution >= 4 is 40.9 Å². The number of rotatable bonds is 6. The third-order valence-electron chi connectivity index (χ3n) is 5.72. The summed E-state index contributed by atoms with van der Waals surface area (Å²) in [4.78, 5) is 40.6. The number of halogens is 3. The first kappa shape index (κ1) is 23.0. The van der Waals surface area contributed by atoms with Gasteiger partial charge in [-0.3, -0.25) is 19.3 Å². The van der Waals surface area contributed by atoms with Gasteiger partial charge in [-0.25, -0.2) is 4.39 Å². The molecule has 31 heavy (non-hydrogen) atoms. The van der Waals surface area contributed by atoms with E-state index in [1.807, 2.05) is 0 Å². The molecule has 9 heteroatoms. The molecule has 1 spiro atoms. The summed E-state index contributed by atoms with van der Waals surface area (Å²) in [5.74, 6) is -2.79. The topological polar surface area (TPSA) is 83.7 Å². The highest BCUT2D eigenvalue weighted by Gasteiger charge is 2.61. The second-order valence-electron chi connectivity index (χ2n) is 7.65. The predicted molar refractivity (Wildman–Crippen MR) is 116 cm³/mol. The van der Waals surface area contributed by atoms with Crippen LogP contribution in [0.3, 0.4) is 0 Å². The molecular weight excluding hydrogens is 444 g/mol. The van der Waals surface area contributed by atoms with Crippen LogP contribution in [-0.4, -0.2) is 39.6 Å². The van der Waals surface area contributed by atoms with Gasteiger partial charge in [0.05, 0.1) is 5.70 Å². The summed E-state index contributed by atoms with van der Waals surface area (Å²) in [6.07, 6.45) is 2.66. The van der Waals surface area contributed by atoms with E-state index in [0.717, 1.165) is 16.5 Å². The Bertz CT molecular complexity index is 998. The van der Waals surface area contributed by atoms with Gasteiger partial charge in [-0.05, 0) is 43.5 Å². The van der Waals surface area contributed by atoms with Crippen LogP contribution in [-0.2, 0) is 20.9 Å². The van der Waals surface area contributed by atoms with E-state index in [0.29, 0.717) is 5.02 Å². The van der Waals surface area contributed by atoms with Crippen LogP contribution < -0.4 is 5.73 Å². The number of benzene rings is 1. The first-order valence-corrected chi connectivity index (χ1v) is 10.4. The zero-order valence-corrected chi connectivity index (χ0v) is 18.4. The highest BCUT2D eigenvalue weighted by molar-refractivity contribution is 6.31. The van der Waals surface area contributed by atoms with Gasteiger partial charge >= 0.3 is 0 Å². The largest absolute Gasteiger partial charge is 0.369 e. The summed E-state index contributed by atoms with van der Waals surface area (Å²) < 4.78 is 14.6. The fourth-order valence-corrected chi connectivity index (χ4v) is 4.12. The Morgan fingerprint density at radius 2 is 1.94 bits per heavy atom. The molecule has 1 aromatic rings. The summed E-state index contributed by atoms with van der Waals surface area (Å²) in [5, 5.41) is 0.674. The van der Waals surface area contributed by atoms with Gasteiger partial charge in [-0.15, -0.1) is 0 Å². The van der Waals surface area contributed by atoms with Gasteiger partial charge in [-0.2, -0.15) is 0 Å². The van der Waals surface area contributed by atoms with Crippen molar-refractivity contribution in [1.82, 2.24) is 9.80 Å². The number of carbonyl (C=O) groups excluding carboxylic acids is 3. The molecule has 164 valence electrons. The van der Waals surface area contributed by atoms with E-state index < -0.39 is 29.1 Å². The number of amides is 3. The molecule has 3 rings (SSSR count). The Labute approximate surface area is 189 Å². The van der Waals surface area contributed by atoms with Gasteiger partial charge in [0.1, 0.15) is 17.9 Å². The molecule has 1 saturated heterocycles. The number of nitrogens with zero attached hydrogens (tertiary/aromatic N) is 2. The Morgan fingerprint density at radius 3 is 2.48 bits per heavy atom. The maximum atomic E-state index is 14.6. The van der Waals surface area contributed by atoms with Crippen LogP contribution >= 0.6 is 23.2 Å². The van der Waals surface area contributed by atoms with Crippen LogP contribution in [0.4, 0.5) is 4.39 Å². The van der Waals surface area contributed by atoms with Crippen LogP contribution in [0.5, 0.6) is 0 Å². The average molecular weight is 466 g/mol. The first-order valence-electron chi connectivity index (χ1n) is 9.63. The highest BCUT2D eigenvalue weighted by Crippen LogP contribution is 2.47. The molecule has 1 heterocycles. The smallest absolute Gasteiger partial charge is 0.253 e. The van der Waals surface area contributed by atoms with Crippen molar-refractivity contribution in [3.8, 4) is 0 Å². The number of hydrogen-bond acceptors (Lipinski definition) is 3. The lowest BCUT2D eigenvalue weighted by Gasteiger charge is -2.56. The van der Waals surface area contributed by atoms with Crippen LogP contribution in [0, 0.1) is 5.92 Å². The lowest BCUT2D eigenvalue weighted by Crippen LogP contribution is -2.73. The first-order chi connectivity index (χ1) is 14.6. The fraction of sp³-hybridized carbons (Fsp3) is 0.318. The average Bonchev–Trinajstić information content (AvgIpc) is 2.69. The van der Waals surface area contributed by atoms with Gasteiger partial charge in [0.25, 0.3) is 5.91 Å². The molecule has 2 N–H and O–H groups in total. The Kier molecular flexibility index (Phi) is 6.57. The molecule has 0 unspecified atom stereocenters. The monoisotopic (exact) mass is 465 g/mol. The van der Waals surface area contributed by atoms with Crippen molar-refractivity contribution in [2.45, 2.75) is 31.8 Å². The third-order valence-corrected chi connectivity index (χ3v) is 6.30. The molecule has 1 aromatic carbocycles. The molecular formula is C22H22Cl2FN3O3. The van der Waals surface area contributed by atoms with Crippen molar-refractivity contribution in [3.63, 3.8) is 0 Å². The fourth-order valence-electron chi connectivity index (χ4n) is 3.90. The summed E-state index contributed by atoms with van der Waals surface area (Å²) in [6.45, 7) is 5.05. The van der Waals surface area contributed by atoms with Crippen LogP contribution in [0.25, 0.3) is 0 Å². The van der Waals surface area contributed by atoms with Crippen molar-refractivity contribution in [2.24, 2.45) is 11.7 Å². The normalized spacial score (nSPS) is 24.5. The van der Waals surface area contributed by atoms with E-state index in [9.17, 15) is 18.8 Å². The summed E-state index contributed by atoms with van der Waals surface area (Å²) in [5.41, 5.74) is 4.63. The molecule has 0 bridgehead atoms. The molecule has 3 amide bonds. The van der Waals surface area contributed by atoms with Crippen LogP contribution in [0.1, 0.15) is 25.3 Å². The zero-order valence-electron chi connectivity index (χ0n) is 16.9. The molecule has 2 aliphatic rings. The van der Waals surface area contributed by atoms with Gasteiger partial charge in [-0.1, -0.05) is 48.0 Å². The predicted octanol–water partition coefficient (Wildman–Crippen LogP) is 3.65. The second kappa shape index (κ2) is 8.85. The quantitative estimate of drug-likeness (QED) is 0.650. The minimum atomic E-state index is -1.29. The number of primary amides is 1. The van der Waals surface area contributed by atoms with Crippen molar-refractivity contribution < 1.29 is 18.8 Å². The number of piperazine rings is 1. The molecule has 0 atom stereocenters. The van der Waals surface area contributed by atoms with E-state index in [-0.39, 0.29) is 42.6 Å². The summed E-state index contributed by atoms with van der Waals surface area (Å²) in [6, 6.07) is 6.88. The Hall–Kier alpha value is -2.64. The zero-order chi connectivity index (χ0) is 22.9. The second-order valence-corrected chi connectivity index (χ2v) is 8.52. The standard InChI is InChI=1S/C22H22Cl2FN3O3/c1-3-16(23)8-18(25)13(2)27-12-19(29)28(11-14-4-6-17(24)7-5-14)22(21(27)31)9-15(10-22)20(26)30/h3-8,15H,2,9-12H2,1H3,(H2,26,30)/b16-3+,18-8+. The number of nitrogens with two attached hydrogens (primary N) is 1. The van der Waals surface area contributed by atoms with Gasteiger partial charge in [0.15, 0.2) is 0 Å². The molecule has 1 aliphatic heterocycles. The van der Waals surface area contributed by atoms with E-state index in [1.165, 1.54) is 11.0 Å². The maximum absolute atomic E-state index is 14.6. The minimum Gasteiger partial charge on any atom is -0.369 e. The summed E-state index contributed by atoms with van der Waals surface area (Å²) >= 11 is 11.8. The van der Waals surface area contributed by atoms with Gasteiger partial charge < -0.3 is 10.6 Å². The van der Waals surface area contributed by atoms with Crippen LogP contribution in [0.15, 0.2) is 59.6 Å². The third kappa shape index (κ3) is 4.38. The van der Waals surface area contributed by atoms with E-state index in [4.69, 9.17) is 28.9 Å².